The molecule has 3 atom stereocenters. The average molecular weight is 512 g/mol. The summed E-state index contributed by atoms with van der Waals surface area (Å²) in [6, 6.07) is -2.61. The maximum Gasteiger partial charge on any atom is 0.326 e. The fraction of sp³-hybridized carbons (Fsp3) is 0.833. The lowest BCUT2D eigenvalue weighted by Gasteiger charge is -2.23. The van der Waals surface area contributed by atoms with Crippen LogP contribution in [0.4, 0.5) is 0 Å². The van der Waals surface area contributed by atoms with Gasteiger partial charge in [-0.25, -0.2) is 4.79 Å². The second-order valence-corrected chi connectivity index (χ2v) is 6.92. The van der Waals surface area contributed by atoms with Crippen molar-refractivity contribution >= 4 is 55.0 Å². The zero-order valence-electron chi connectivity index (χ0n) is 17.9. The summed E-state index contributed by atoms with van der Waals surface area (Å²) in [4.78, 5) is 36.3. The Bertz CT molecular complexity index is 478. The van der Waals surface area contributed by atoms with Crippen molar-refractivity contribution in [1.29, 1.82) is 0 Å². The first-order valence-electron chi connectivity index (χ1n) is 10.1. The highest BCUT2D eigenvalue weighted by Gasteiger charge is 2.27. The molecule has 0 fully saturated rings. The van der Waals surface area contributed by atoms with Crippen LogP contribution in [0.1, 0.15) is 57.8 Å². The quantitative estimate of drug-likeness (QED) is 0.132. The molecule has 0 aliphatic heterocycles. The van der Waals surface area contributed by atoms with Gasteiger partial charge in [0.25, 0.3) is 0 Å². The Hall–Kier alpha value is -0.880. The van der Waals surface area contributed by atoms with Crippen LogP contribution in [-0.4, -0.2) is 60.6 Å². The lowest BCUT2D eigenvalue weighted by atomic mass is 10.0. The normalized spacial score (nSPS) is 12.8. The van der Waals surface area contributed by atoms with E-state index in [0.29, 0.717) is 58.2 Å². The largest absolute Gasteiger partial charge is 0.480 e. The van der Waals surface area contributed by atoms with Crippen molar-refractivity contribution in [3.63, 3.8) is 0 Å². The number of nitrogens with one attached hydrogen (secondary N) is 2. The molecule has 10 nitrogen and oxygen atoms in total. The van der Waals surface area contributed by atoms with Gasteiger partial charge in [0.05, 0.1) is 6.04 Å². The van der Waals surface area contributed by atoms with Crippen LogP contribution in [0, 0.1) is 0 Å². The molecule has 0 rings (SSSR count). The number of carbonyl (C=O) groups is 3. The van der Waals surface area contributed by atoms with Gasteiger partial charge in [-0.05, 0) is 71.0 Å². The first kappa shape index (κ1) is 37.4. The number of amides is 2. The van der Waals surface area contributed by atoms with Gasteiger partial charge in [0.1, 0.15) is 12.1 Å². The number of carboxylic acid groups (broad SMARTS) is 1. The van der Waals surface area contributed by atoms with Crippen LogP contribution in [-0.2, 0) is 14.4 Å². The van der Waals surface area contributed by atoms with E-state index in [-0.39, 0.29) is 43.6 Å². The molecule has 0 aromatic rings. The summed E-state index contributed by atoms with van der Waals surface area (Å²) in [5.41, 5.74) is 22.2. The summed E-state index contributed by atoms with van der Waals surface area (Å²) >= 11 is 0. The van der Waals surface area contributed by atoms with Crippen LogP contribution in [0.5, 0.6) is 0 Å². The van der Waals surface area contributed by atoms with Crippen molar-refractivity contribution in [2.24, 2.45) is 22.9 Å². The predicted molar refractivity (Wildman–Crippen MR) is 130 cm³/mol. The van der Waals surface area contributed by atoms with E-state index in [1.165, 1.54) is 0 Å². The van der Waals surface area contributed by atoms with Crippen molar-refractivity contribution in [2.45, 2.75) is 75.9 Å². The Kier molecular flexibility index (Phi) is 28.7. The molecular formula is C18H41Cl3N6O4. The molecular weight excluding hydrogens is 471 g/mol. The number of nitrogens with two attached hydrogens (primary N) is 4. The SMILES string of the molecule is Cl.Cl.Cl.NCCCC[C@H](NC(=O)[C@H](CCCCN)NC(=O)[C@@H](N)CCCCN)C(=O)O. The molecule has 0 radical (unpaired) electrons. The molecule has 13 heteroatoms. The minimum Gasteiger partial charge on any atom is -0.480 e. The maximum atomic E-state index is 12.6. The van der Waals surface area contributed by atoms with Crippen LogP contribution in [0.15, 0.2) is 0 Å². The van der Waals surface area contributed by atoms with Crippen LogP contribution < -0.4 is 33.6 Å². The van der Waals surface area contributed by atoms with Gasteiger partial charge >= 0.3 is 5.97 Å². The van der Waals surface area contributed by atoms with Gasteiger partial charge in [-0.3, -0.25) is 9.59 Å². The van der Waals surface area contributed by atoms with Crippen molar-refractivity contribution in [1.82, 2.24) is 10.6 Å². The van der Waals surface area contributed by atoms with Crippen molar-refractivity contribution in [3.8, 4) is 0 Å². The second-order valence-electron chi connectivity index (χ2n) is 6.92. The Morgan fingerprint density at radius 3 is 1.45 bits per heavy atom. The molecule has 0 aromatic carbocycles. The molecule has 0 heterocycles. The summed E-state index contributed by atoms with van der Waals surface area (Å²) in [7, 11) is 0. The molecule has 0 saturated heterocycles. The summed E-state index contributed by atoms with van der Waals surface area (Å²) in [5.74, 6) is -2.07. The summed E-state index contributed by atoms with van der Waals surface area (Å²) < 4.78 is 0. The number of unbranched alkanes of at least 4 members (excludes halogenated alkanes) is 3. The van der Waals surface area contributed by atoms with Crippen LogP contribution >= 0.6 is 37.2 Å². The summed E-state index contributed by atoms with van der Waals surface area (Å²) in [6.45, 7) is 1.46. The van der Waals surface area contributed by atoms with Gasteiger partial charge in [-0.1, -0.05) is 6.42 Å². The Morgan fingerprint density at radius 2 is 1.03 bits per heavy atom. The third kappa shape index (κ3) is 18.4. The fourth-order valence-corrected chi connectivity index (χ4v) is 2.70. The smallest absolute Gasteiger partial charge is 0.326 e. The Morgan fingerprint density at radius 1 is 0.645 bits per heavy atom. The van der Waals surface area contributed by atoms with Crippen molar-refractivity contribution in [2.75, 3.05) is 19.6 Å². The number of hydrogen-bond acceptors (Lipinski definition) is 7. The first-order valence-corrected chi connectivity index (χ1v) is 10.1. The van der Waals surface area contributed by atoms with E-state index in [1.54, 1.807) is 0 Å². The van der Waals surface area contributed by atoms with Gasteiger partial charge in [0.15, 0.2) is 0 Å². The molecule has 0 bridgehead atoms. The van der Waals surface area contributed by atoms with E-state index in [9.17, 15) is 19.5 Å². The molecule has 0 aliphatic carbocycles. The molecule has 0 spiro atoms. The van der Waals surface area contributed by atoms with E-state index in [2.05, 4.69) is 10.6 Å². The van der Waals surface area contributed by atoms with Gasteiger partial charge < -0.3 is 38.7 Å². The number of halogens is 3. The molecule has 31 heavy (non-hydrogen) atoms. The fourth-order valence-electron chi connectivity index (χ4n) is 2.70. The maximum absolute atomic E-state index is 12.6. The molecule has 11 N–H and O–H groups in total. The zero-order chi connectivity index (χ0) is 21.4. The number of carboxylic acids is 1. The van der Waals surface area contributed by atoms with E-state index in [4.69, 9.17) is 22.9 Å². The number of hydrogen-bond donors (Lipinski definition) is 7. The topological polar surface area (TPSA) is 200 Å². The molecule has 0 aromatic heterocycles. The van der Waals surface area contributed by atoms with Gasteiger partial charge in [0.2, 0.25) is 11.8 Å². The molecule has 0 unspecified atom stereocenters. The summed E-state index contributed by atoms with van der Waals surface area (Å²) in [5, 5.41) is 14.5. The van der Waals surface area contributed by atoms with Gasteiger partial charge in [0, 0.05) is 0 Å². The third-order valence-corrected chi connectivity index (χ3v) is 4.45. The van der Waals surface area contributed by atoms with E-state index in [0.717, 1.165) is 12.8 Å². The molecule has 0 saturated carbocycles. The van der Waals surface area contributed by atoms with Crippen LogP contribution in [0.25, 0.3) is 0 Å². The third-order valence-electron chi connectivity index (χ3n) is 4.45. The lowest BCUT2D eigenvalue weighted by molar-refractivity contribution is -0.142. The molecule has 188 valence electrons. The first-order chi connectivity index (χ1) is 13.4. The lowest BCUT2D eigenvalue weighted by Crippen LogP contribution is -2.54. The number of rotatable bonds is 17. The highest BCUT2D eigenvalue weighted by Crippen LogP contribution is 2.06. The standard InChI is InChI=1S/C18H38N6O4.3ClH/c19-10-4-1-7-13(22)16(25)23-14(8-2-5-11-20)17(26)24-15(18(27)28)9-3-6-12-21;;;/h13-15H,1-12,19-22H2,(H,23,25)(H,24,26)(H,27,28);3*1H/t13-,14-,15-;;;/m0.../s1. The average Bonchev–Trinajstić information content (AvgIpc) is 2.66. The van der Waals surface area contributed by atoms with Crippen molar-refractivity contribution < 1.29 is 19.5 Å². The van der Waals surface area contributed by atoms with Gasteiger partial charge in [-0.2, -0.15) is 0 Å². The van der Waals surface area contributed by atoms with Crippen LogP contribution in [0.3, 0.4) is 0 Å². The minimum absolute atomic E-state index is 0. The molecule has 0 aliphatic rings. The Labute approximate surface area is 203 Å². The monoisotopic (exact) mass is 510 g/mol. The zero-order valence-corrected chi connectivity index (χ0v) is 20.4. The second kappa shape index (κ2) is 23.8. The van der Waals surface area contributed by atoms with E-state index < -0.39 is 35.9 Å². The van der Waals surface area contributed by atoms with E-state index >= 15 is 0 Å². The molecule has 2 amide bonds. The Balaban J connectivity index is -0.00000121. The number of aliphatic carboxylic acids is 1. The van der Waals surface area contributed by atoms with Crippen LogP contribution in [0.2, 0.25) is 0 Å². The highest BCUT2D eigenvalue weighted by molar-refractivity contribution is 5.91. The predicted octanol–water partition coefficient (Wildman–Crippen LogP) is 0.0203. The van der Waals surface area contributed by atoms with E-state index in [1.807, 2.05) is 0 Å². The van der Waals surface area contributed by atoms with Crippen molar-refractivity contribution in [3.05, 3.63) is 0 Å². The van der Waals surface area contributed by atoms with Gasteiger partial charge in [-0.15, -0.1) is 37.2 Å². The summed E-state index contributed by atoms with van der Waals surface area (Å²) in [6.07, 6.45) is 5.18. The minimum atomic E-state index is -1.11. The highest BCUT2D eigenvalue weighted by atomic mass is 35.5. The number of carbonyl (C=O) groups excluding carboxylic acids is 2.